The van der Waals surface area contributed by atoms with Crippen molar-refractivity contribution in [3.05, 3.63) is 106 Å². The molecule has 1 nitrogen and oxygen atoms in total. The summed E-state index contributed by atoms with van der Waals surface area (Å²) in [5, 5.41) is 8.88. The Morgan fingerprint density at radius 2 is 0.875 bits per heavy atom. The van der Waals surface area contributed by atoms with Crippen molar-refractivity contribution in [3.8, 4) is 0 Å². The van der Waals surface area contributed by atoms with Gasteiger partial charge in [-0.05, 0) is 80.0 Å². The van der Waals surface area contributed by atoms with Gasteiger partial charge in [0.25, 0.3) is 0 Å². The number of ketones is 1. The maximum absolute atomic E-state index is 12.7. The largest absolute Gasteiger partial charge is 0.289 e. The molecular weight excluding hydrogens is 332 g/mol. The van der Waals surface area contributed by atoms with E-state index >= 15 is 0 Å². The summed E-state index contributed by atoms with van der Waals surface area (Å²) in [4.78, 5) is 15.2. The molecule has 2 aromatic rings. The van der Waals surface area contributed by atoms with Crippen LogP contribution < -0.4 is 0 Å². The van der Waals surface area contributed by atoms with Gasteiger partial charge in [-0.25, -0.2) is 0 Å². The van der Waals surface area contributed by atoms with E-state index in [1.165, 1.54) is 9.79 Å². The molecule has 4 rings (SSSR count). The zero-order valence-corrected chi connectivity index (χ0v) is 14.8. The molecule has 0 amide bonds. The monoisotopic (exact) mass is 350 g/mol. The van der Waals surface area contributed by atoms with Crippen molar-refractivity contribution in [1.82, 2.24) is 0 Å². The van der Waals surface area contributed by atoms with Crippen LogP contribution in [0.4, 0.5) is 0 Å². The molecule has 0 fully saturated rings. The quantitative estimate of drug-likeness (QED) is 0.533. The molecule has 0 aliphatic carbocycles. The van der Waals surface area contributed by atoms with Gasteiger partial charge in [-0.1, -0.05) is 24.3 Å². The van der Waals surface area contributed by atoms with Gasteiger partial charge in [-0.2, -0.15) is 21.8 Å². The van der Waals surface area contributed by atoms with Crippen LogP contribution in [0.1, 0.15) is 15.9 Å². The second-order valence-corrected chi connectivity index (χ2v) is 9.46. The lowest BCUT2D eigenvalue weighted by atomic mass is 10.0. The Bertz CT molecular complexity index is 774. The van der Waals surface area contributed by atoms with Crippen molar-refractivity contribution in [2.45, 2.75) is 9.79 Å². The zero-order valence-electron chi connectivity index (χ0n) is 13.0. The minimum atomic E-state index is -0.319. The number of hydrogen-bond donors (Lipinski definition) is 2. The summed E-state index contributed by atoms with van der Waals surface area (Å²) in [7, 11) is -0.638. The number of allylic oxidation sites excluding steroid dienone is 4. The fourth-order valence-electron chi connectivity index (χ4n) is 2.75. The molecule has 0 saturated carbocycles. The first-order chi connectivity index (χ1) is 11.8. The zero-order chi connectivity index (χ0) is 16.4. The van der Waals surface area contributed by atoms with E-state index in [9.17, 15) is 4.79 Å². The highest BCUT2D eigenvalue weighted by Crippen LogP contribution is 2.42. The Balaban J connectivity index is 1.52. The van der Waals surface area contributed by atoms with Crippen molar-refractivity contribution in [1.29, 1.82) is 0 Å². The molecule has 0 atom stereocenters. The summed E-state index contributed by atoms with van der Waals surface area (Å²) in [5.41, 5.74) is 1.50. The van der Waals surface area contributed by atoms with Crippen molar-refractivity contribution >= 4 is 27.6 Å². The second-order valence-electron chi connectivity index (χ2n) is 5.60. The van der Waals surface area contributed by atoms with Gasteiger partial charge >= 0.3 is 0 Å². The summed E-state index contributed by atoms with van der Waals surface area (Å²) in [6.45, 7) is 0. The van der Waals surface area contributed by atoms with Gasteiger partial charge in [0.15, 0.2) is 5.78 Å². The first kappa shape index (κ1) is 15.3. The van der Waals surface area contributed by atoms with Crippen LogP contribution >= 0.6 is 21.8 Å². The Morgan fingerprint density at radius 1 is 0.542 bits per heavy atom. The van der Waals surface area contributed by atoms with Gasteiger partial charge in [-0.15, -0.1) is 0 Å². The minimum Gasteiger partial charge on any atom is -0.289 e. The molecule has 0 saturated heterocycles. The van der Waals surface area contributed by atoms with Crippen molar-refractivity contribution in [3.63, 3.8) is 0 Å². The van der Waals surface area contributed by atoms with Crippen LogP contribution in [0.3, 0.4) is 0 Å². The van der Waals surface area contributed by atoms with Gasteiger partial charge in [-0.3, -0.25) is 4.79 Å². The predicted octanol–water partition coefficient (Wildman–Crippen LogP) is 5.72. The summed E-state index contributed by atoms with van der Waals surface area (Å²) in [6, 6.07) is 16.1. The topological polar surface area (TPSA) is 17.1 Å². The number of thiol groups is 2. The van der Waals surface area contributed by atoms with Gasteiger partial charge in [0, 0.05) is 11.1 Å². The lowest BCUT2D eigenvalue weighted by molar-refractivity contribution is 0.103. The first-order valence-electron chi connectivity index (χ1n) is 7.83. The summed E-state index contributed by atoms with van der Waals surface area (Å²) in [6.07, 6.45) is 8.34. The maximum atomic E-state index is 12.7. The standard InChI is InChI=1S/C21H18OS2/c22-21(17-5-9-19(10-6-17)23-13-1-2-14-23)18-7-11-20(12-8-18)24-15-3-4-16-24/h1-16,23-24H. The first-order valence-corrected chi connectivity index (χ1v) is 10.8. The third-order valence-corrected chi connectivity index (χ3v) is 7.83. The van der Waals surface area contributed by atoms with Crippen molar-refractivity contribution < 1.29 is 4.79 Å². The molecule has 24 heavy (non-hydrogen) atoms. The highest BCUT2D eigenvalue weighted by atomic mass is 32.2. The van der Waals surface area contributed by atoms with Crippen LogP contribution in [0.2, 0.25) is 0 Å². The molecule has 0 unspecified atom stereocenters. The molecule has 2 aromatic carbocycles. The van der Waals surface area contributed by atoms with Crippen LogP contribution in [-0.2, 0) is 0 Å². The van der Waals surface area contributed by atoms with Crippen LogP contribution in [0.25, 0.3) is 0 Å². The third-order valence-electron chi connectivity index (χ3n) is 4.06. The van der Waals surface area contributed by atoms with E-state index < -0.39 is 0 Å². The van der Waals surface area contributed by atoms with Crippen LogP contribution in [0.5, 0.6) is 0 Å². The van der Waals surface area contributed by atoms with E-state index in [0.29, 0.717) is 0 Å². The molecule has 0 radical (unpaired) electrons. The molecule has 0 N–H and O–H groups in total. The normalized spacial score (nSPS) is 17.8. The molecular formula is C21H18OS2. The van der Waals surface area contributed by atoms with E-state index in [1.807, 2.05) is 24.3 Å². The van der Waals surface area contributed by atoms with Gasteiger partial charge < -0.3 is 0 Å². The highest BCUT2D eigenvalue weighted by molar-refractivity contribution is 8.22. The predicted molar refractivity (Wildman–Crippen MR) is 107 cm³/mol. The Hall–Kier alpha value is -2.23. The highest BCUT2D eigenvalue weighted by Gasteiger charge is 2.11. The molecule has 2 heterocycles. The van der Waals surface area contributed by atoms with E-state index in [2.05, 4.69) is 70.2 Å². The van der Waals surface area contributed by atoms with E-state index in [4.69, 9.17) is 0 Å². The van der Waals surface area contributed by atoms with Crippen LogP contribution in [0.15, 0.2) is 104 Å². The average molecular weight is 351 g/mol. The molecule has 2 aliphatic heterocycles. The lowest BCUT2D eigenvalue weighted by Gasteiger charge is -2.12. The van der Waals surface area contributed by atoms with E-state index in [0.717, 1.165) is 11.1 Å². The van der Waals surface area contributed by atoms with Crippen molar-refractivity contribution in [2.75, 3.05) is 0 Å². The summed E-state index contributed by atoms with van der Waals surface area (Å²) < 4.78 is 0. The van der Waals surface area contributed by atoms with E-state index in [1.54, 1.807) is 0 Å². The fraction of sp³-hybridized carbons (Fsp3) is 0. The second kappa shape index (κ2) is 6.71. The number of rotatable bonds is 4. The van der Waals surface area contributed by atoms with Crippen LogP contribution in [-0.4, -0.2) is 5.78 Å². The molecule has 2 aliphatic rings. The average Bonchev–Trinajstić information content (AvgIpc) is 3.35. The number of carbonyl (C=O) groups excluding carboxylic acids is 1. The summed E-state index contributed by atoms with van der Waals surface area (Å²) in [5.74, 6) is 0.0867. The molecule has 120 valence electrons. The number of hydrogen-bond acceptors (Lipinski definition) is 1. The lowest BCUT2D eigenvalue weighted by Crippen LogP contribution is -2.01. The van der Waals surface area contributed by atoms with Crippen LogP contribution in [0, 0.1) is 0 Å². The Morgan fingerprint density at radius 3 is 1.21 bits per heavy atom. The minimum absolute atomic E-state index is 0.0867. The van der Waals surface area contributed by atoms with Crippen molar-refractivity contribution in [2.24, 2.45) is 0 Å². The summed E-state index contributed by atoms with van der Waals surface area (Å²) >= 11 is 0. The molecule has 3 heteroatoms. The fourth-order valence-corrected chi connectivity index (χ4v) is 5.76. The van der Waals surface area contributed by atoms with Gasteiger partial charge in [0.05, 0.1) is 0 Å². The number of benzene rings is 2. The Labute approximate surface area is 147 Å². The molecule has 0 bridgehead atoms. The number of carbonyl (C=O) groups is 1. The third kappa shape index (κ3) is 3.05. The van der Waals surface area contributed by atoms with Gasteiger partial charge in [0.2, 0.25) is 0 Å². The SMILES string of the molecule is O=C(c1ccc([SH]2C=CC=C2)cc1)c1ccc([SH]2C=CC=C2)cc1. The maximum Gasteiger partial charge on any atom is 0.193 e. The molecule has 0 aromatic heterocycles. The molecule has 0 spiro atoms. The Kier molecular flexibility index (Phi) is 4.28. The van der Waals surface area contributed by atoms with Gasteiger partial charge in [0.1, 0.15) is 0 Å². The van der Waals surface area contributed by atoms with E-state index in [-0.39, 0.29) is 27.6 Å². The smallest absolute Gasteiger partial charge is 0.193 e.